The lowest BCUT2D eigenvalue weighted by atomic mass is 10.3. The van der Waals surface area contributed by atoms with Crippen LogP contribution in [0.5, 0.6) is 0 Å². The van der Waals surface area contributed by atoms with Crippen LogP contribution >= 0.6 is 46.4 Å². The zero-order valence-corrected chi connectivity index (χ0v) is 10.2. The zero-order chi connectivity index (χ0) is 10.9. The molecule has 0 aliphatic heterocycles. The van der Waals surface area contributed by atoms with Gasteiger partial charge >= 0.3 is 0 Å². The number of halogens is 4. The van der Waals surface area contributed by atoms with Crippen molar-refractivity contribution in [3.05, 3.63) is 25.9 Å². The summed E-state index contributed by atoms with van der Waals surface area (Å²) in [7, 11) is 0. The number of hydrogen-bond donors (Lipinski definition) is 0. The van der Waals surface area contributed by atoms with E-state index >= 15 is 0 Å². The van der Waals surface area contributed by atoms with Gasteiger partial charge in [-0.25, -0.2) is 4.98 Å². The molecular weight excluding hydrogens is 292 g/mol. The van der Waals surface area contributed by atoms with E-state index in [1.807, 2.05) is 0 Å². The first-order valence-corrected chi connectivity index (χ1v) is 5.93. The highest BCUT2D eigenvalue weighted by Crippen LogP contribution is 2.34. The molecule has 0 aromatic carbocycles. The third kappa shape index (κ3) is 2.72. The number of rotatable bonds is 2. The second kappa shape index (κ2) is 4.96. The molecule has 0 spiro atoms. The number of nitrogens with zero attached hydrogens (tertiary/aromatic N) is 1. The van der Waals surface area contributed by atoms with Crippen LogP contribution in [0.4, 0.5) is 0 Å². The summed E-state index contributed by atoms with van der Waals surface area (Å²) in [6.45, 7) is 0. The zero-order valence-electron chi connectivity index (χ0n) is 6.39. The standard InChI is InChI=1S/C6H3Cl4NO2S/c7-3-2(1-14(12)13)4(8)6(10)11-5(3)9/h1H2,(H,12,13)/p-1. The van der Waals surface area contributed by atoms with Gasteiger partial charge in [-0.1, -0.05) is 57.5 Å². The van der Waals surface area contributed by atoms with E-state index in [9.17, 15) is 8.76 Å². The maximum absolute atomic E-state index is 10.5. The molecular formula is C6H2Cl4NO2S-. The highest BCUT2D eigenvalue weighted by atomic mass is 35.5. The third-order valence-electron chi connectivity index (χ3n) is 1.35. The second-order valence-electron chi connectivity index (χ2n) is 2.25. The Morgan fingerprint density at radius 2 is 1.57 bits per heavy atom. The van der Waals surface area contributed by atoms with Crippen LogP contribution in [0.3, 0.4) is 0 Å². The molecule has 78 valence electrons. The fourth-order valence-corrected chi connectivity index (χ4v) is 2.35. The Labute approximate surface area is 103 Å². The lowest BCUT2D eigenvalue weighted by Gasteiger charge is -2.10. The number of hydrogen-bond acceptors (Lipinski definition) is 3. The van der Waals surface area contributed by atoms with Gasteiger partial charge in [-0.05, 0) is 0 Å². The summed E-state index contributed by atoms with van der Waals surface area (Å²) in [5.74, 6) is -0.348. The van der Waals surface area contributed by atoms with Crippen molar-refractivity contribution in [1.82, 2.24) is 4.98 Å². The molecule has 0 N–H and O–H groups in total. The van der Waals surface area contributed by atoms with Crippen LogP contribution in [0.2, 0.25) is 20.4 Å². The monoisotopic (exact) mass is 292 g/mol. The van der Waals surface area contributed by atoms with Crippen molar-refractivity contribution in [1.29, 1.82) is 0 Å². The van der Waals surface area contributed by atoms with Gasteiger partial charge in [0.2, 0.25) is 0 Å². The Bertz CT molecular complexity index is 372. The van der Waals surface area contributed by atoms with Crippen molar-refractivity contribution >= 4 is 57.5 Å². The van der Waals surface area contributed by atoms with E-state index in [-0.39, 0.29) is 31.7 Å². The van der Waals surface area contributed by atoms with Crippen LogP contribution in [0.25, 0.3) is 0 Å². The van der Waals surface area contributed by atoms with Crippen molar-refractivity contribution in [3.8, 4) is 0 Å². The molecule has 0 amide bonds. The smallest absolute Gasteiger partial charge is 0.149 e. The molecule has 0 radical (unpaired) electrons. The molecule has 0 fully saturated rings. The molecule has 0 saturated carbocycles. The van der Waals surface area contributed by atoms with E-state index in [1.54, 1.807) is 0 Å². The Hall–Kier alpha value is 0.420. The van der Waals surface area contributed by atoms with E-state index in [1.165, 1.54) is 0 Å². The molecule has 1 unspecified atom stereocenters. The first-order chi connectivity index (χ1) is 6.43. The molecule has 1 rings (SSSR count). The highest BCUT2D eigenvalue weighted by molar-refractivity contribution is 7.78. The molecule has 0 aliphatic carbocycles. The van der Waals surface area contributed by atoms with Crippen LogP contribution in [0.15, 0.2) is 0 Å². The van der Waals surface area contributed by atoms with E-state index in [0.717, 1.165) is 0 Å². The molecule has 14 heavy (non-hydrogen) atoms. The largest absolute Gasteiger partial charge is 0.772 e. The summed E-state index contributed by atoms with van der Waals surface area (Å²) in [6, 6.07) is 0. The first-order valence-electron chi connectivity index (χ1n) is 3.18. The predicted octanol–water partition coefficient (Wildman–Crippen LogP) is 3.07. The van der Waals surface area contributed by atoms with Gasteiger partial charge in [-0.2, -0.15) is 0 Å². The topological polar surface area (TPSA) is 53.0 Å². The third-order valence-corrected chi connectivity index (χ3v) is 3.43. The van der Waals surface area contributed by atoms with Gasteiger partial charge in [0.25, 0.3) is 0 Å². The van der Waals surface area contributed by atoms with E-state index < -0.39 is 11.1 Å². The van der Waals surface area contributed by atoms with E-state index in [4.69, 9.17) is 46.4 Å². The fraction of sp³-hybridized carbons (Fsp3) is 0.167. The van der Waals surface area contributed by atoms with Gasteiger partial charge in [0, 0.05) is 11.3 Å². The average Bonchev–Trinajstić information content (AvgIpc) is 2.09. The van der Waals surface area contributed by atoms with Gasteiger partial charge in [0.1, 0.15) is 10.3 Å². The van der Waals surface area contributed by atoms with Gasteiger partial charge in [0.05, 0.1) is 10.0 Å². The molecule has 1 aromatic heterocycles. The first kappa shape index (κ1) is 12.5. The molecule has 0 aliphatic rings. The molecule has 3 nitrogen and oxygen atoms in total. The lowest BCUT2D eigenvalue weighted by molar-refractivity contribution is 0.536. The lowest BCUT2D eigenvalue weighted by Crippen LogP contribution is -1.98. The Morgan fingerprint density at radius 1 is 1.14 bits per heavy atom. The molecule has 0 bridgehead atoms. The fourth-order valence-electron chi connectivity index (χ4n) is 0.774. The van der Waals surface area contributed by atoms with Gasteiger partial charge in [-0.3, -0.25) is 4.21 Å². The average molecular weight is 294 g/mol. The van der Waals surface area contributed by atoms with Gasteiger partial charge in [0.15, 0.2) is 0 Å². The second-order valence-corrected chi connectivity index (χ2v) is 4.62. The Kier molecular flexibility index (Phi) is 4.43. The highest BCUT2D eigenvalue weighted by Gasteiger charge is 2.15. The van der Waals surface area contributed by atoms with Crippen LogP contribution in [0, 0.1) is 0 Å². The minimum absolute atomic E-state index is 0.00488. The summed E-state index contributed by atoms with van der Waals surface area (Å²) in [5.41, 5.74) is 0.159. The quantitative estimate of drug-likeness (QED) is 0.622. The Morgan fingerprint density at radius 3 is 1.93 bits per heavy atom. The predicted molar refractivity (Wildman–Crippen MR) is 56.9 cm³/mol. The molecule has 1 heterocycles. The van der Waals surface area contributed by atoms with Crippen molar-refractivity contribution in [3.63, 3.8) is 0 Å². The summed E-state index contributed by atoms with van der Waals surface area (Å²) < 4.78 is 20.9. The summed E-state index contributed by atoms with van der Waals surface area (Å²) in [5, 5.41) is -0.126. The van der Waals surface area contributed by atoms with Crippen molar-refractivity contribution in [2.75, 3.05) is 0 Å². The maximum Gasteiger partial charge on any atom is 0.149 e. The van der Waals surface area contributed by atoms with Gasteiger partial charge < -0.3 is 4.55 Å². The minimum Gasteiger partial charge on any atom is -0.772 e. The van der Waals surface area contributed by atoms with Crippen LogP contribution in [-0.4, -0.2) is 13.7 Å². The summed E-state index contributed by atoms with van der Waals surface area (Å²) in [6.07, 6.45) is 0. The Balaban J connectivity index is 3.31. The SMILES string of the molecule is O=S([O-])Cc1c(Cl)c(Cl)nc(Cl)c1Cl. The normalized spacial score (nSPS) is 12.9. The van der Waals surface area contributed by atoms with Crippen LogP contribution < -0.4 is 0 Å². The molecule has 1 aromatic rings. The van der Waals surface area contributed by atoms with Crippen LogP contribution in [-0.2, 0) is 16.8 Å². The molecule has 8 heteroatoms. The number of aromatic nitrogens is 1. The molecule has 0 saturated heterocycles. The molecule has 1 atom stereocenters. The number of pyridine rings is 1. The van der Waals surface area contributed by atoms with Gasteiger partial charge in [-0.15, -0.1) is 0 Å². The van der Waals surface area contributed by atoms with E-state index in [2.05, 4.69) is 4.98 Å². The van der Waals surface area contributed by atoms with Crippen molar-refractivity contribution in [2.24, 2.45) is 0 Å². The summed E-state index contributed by atoms with van der Waals surface area (Å²) >= 11 is 20.3. The van der Waals surface area contributed by atoms with Crippen molar-refractivity contribution in [2.45, 2.75) is 5.75 Å². The van der Waals surface area contributed by atoms with E-state index in [0.29, 0.717) is 0 Å². The van der Waals surface area contributed by atoms with Crippen LogP contribution in [0.1, 0.15) is 5.56 Å². The van der Waals surface area contributed by atoms with Crippen molar-refractivity contribution < 1.29 is 8.76 Å². The maximum atomic E-state index is 10.5. The minimum atomic E-state index is -2.32. The summed E-state index contributed by atoms with van der Waals surface area (Å²) in [4.78, 5) is 3.61.